The summed E-state index contributed by atoms with van der Waals surface area (Å²) < 4.78 is 0. The number of carboxylic acid groups (broad SMARTS) is 1. The van der Waals surface area contributed by atoms with Crippen LogP contribution in [0.1, 0.15) is 32.1 Å². The van der Waals surface area contributed by atoms with E-state index in [0.717, 1.165) is 32.2 Å². The van der Waals surface area contributed by atoms with Crippen LogP contribution in [-0.4, -0.2) is 48.2 Å². The first-order valence-electron chi connectivity index (χ1n) is 6.99. The molecule has 1 heterocycles. The number of aliphatic carboxylic acids is 1. The minimum Gasteiger partial charge on any atom is -0.481 e. The maximum atomic E-state index is 12.0. The first-order valence-corrected chi connectivity index (χ1v) is 6.99. The molecule has 6 heteroatoms. The van der Waals surface area contributed by atoms with E-state index >= 15 is 0 Å². The monoisotopic (exact) mass is 269 g/mol. The molecule has 1 saturated carbocycles. The Morgan fingerprint density at radius 2 is 2.16 bits per heavy atom. The molecular formula is C13H23N3O3. The lowest BCUT2D eigenvalue weighted by Crippen LogP contribution is -2.47. The molecule has 4 N–H and O–H groups in total. The molecule has 19 heavy (non-hydrogen) atoms. The van der Waals surface area contributed by atoms with Crippen molar-refractivity contribution >= 4 is 12.0 Å². The van der Waals surface area contributed by atoms with Gasteiger partial charge in [0, 0.05) is 19.6 Å². The van der Waals surface area contributed by atoms with Gasteiger partial charge in [0.25, 0.3) is 0 Å². The van der Waals surface area contributed by atoms with Crippen LogP contribution in [0.2, 0.25) is 0 Å². The molecule has 1 unspecified atom stereocenters. The average Bonchev–Trinajstić information content (AvgIpc) is 2.80. The van der Waals surface area contributed by atoms with Crippen molar-refractivity contribution in [2.45, 2.75) is 32.1 Å². The fourth-order valence-corrected chi connectivity index (χ4v) is 3.00. The van der Waals surface area contributed by atoms with E-state index < -0.39 is 5.97 Å². The second kappa shape index (κ2) is 5.77. The molecule has 1 atom stereocenters. The van der Waals surface area contributed by atoms with Crippen LogP contribution >= 0.6 is 0 Å². The van der Waals surface area contributed by atoms with E-state index in [1.807, 2.05) is 0 Å². The standard InChI is InChI=1S/C13H23N3O3/c14-7-10-2-5-16(8-10)12(19)15-9-13(3-1-4-13)6-11(17)18/h10H,1-9,14H2,(H,15,19)(H,17,18). The molecular weight excluding hydrogens is 246 g/mol. The lowest BCUT2D eigenvalue weighted by atomic mass is 9.66. The Balaban J connectivity index is 1.78. The van der Waals surface area contributed by atoms with E-state index in [4.69, 9.17) is 10.8 Å². The molecule has 0 aromatic carbocycles. The Kier molecular flexibility index (Phi) is 4.29. The zero-order valence-electron chi connectivity index (χ0n) is 11.2. The van der Waals surface area contributed by atoms with Gasteiger partial charge in [0.2, 0.25) is 0 Å². The number of amides is 2. The second-order valence-corrected chi connectivity index (χ2v) is 5.92. The number of likely N-dealkylation sites (tertiary alicyclic amines) is 1. The number of nitrogens with two attached hydrogens (primary N) is 1. The first-order chi connectivity index (χ1) is 9.04. The number of rotatable bonds is 5. The van der Waals surface area contributed by atoms with Crippen molar-refractivity contribution in [3.63, 3.8) is 0 Å². The van der Waals surface area contributed by atoms with Crippen LogP contribution in [0.5, 0.6) is 0 Å². The van der Waals surface area contributed by atoms with Gasteiger partial charge in [-0.25, -0.2) is 4.79 Å². The predicted octanol–water partition coefficient (Wildman–Crippen LogP) is 0.622. The Bertz CT molecular complexity index is 355. The second-order valence-electron chi connectivity index (χ2n) is 5.92. The summed E-state index contributed by atoms with van der Waals surface area (Å²) in [5.74, 6) is -0.374. The summed E-state index contributed by atoms with van der Waals surface area (Å²) in [6.45, 7) is 2.56. The highest BCUT2D eigenvalue weighted by atomic mass is 16.4. The fourth-order valence-electron chi connectivity index (χ4n) is 3.00. The molecule has 2 amide bonds. The summed E-state index contributed by atoms with van der Waals surface area (Å²) in [6.07, 6.45) is 3.96. The zero-order chi connectivity index (χ0) is 13.9. The minimum atomic E-state index is -0.779. The number of hydrogen-bond donors (Lipinski definition) is 3. The fraction of sp³-hybridized carbons (Fsp3) is 0.846. The lowest BCUT2D eigenvalue weighted by Gasteiger charge is -2.41. The number of nitrogens with one attached hydrogen (secondary N) is 1. The van der Waals surface area contributed by atoms with Gasteiger partial charge in [-0.3, -0.25) is 4.79 Å². The molecule has 0 aromatic rings. The molecule has 1 aliphatic heterocycles. The van der Waals surface area contributed by atoms with Crippen molar-refractivity contribution in [1.82, 2.24) is 10.2 Å². The van der Waals surface area contributed by atoms with Crippen LogP contribution in [0.3, 0.4) is 0 Å². The van der Waals surface area contributed by atoms with Gasteiger partial charge in [-0.05, 0) is 37.1 Å². The third-order valence-corrected chi connectivity index (χ3v) is 4.46. The van der Waals surface area contributed by atoms with Gasteiger partial charge >= 0.3 is 12.0 Å². The van der Waals surface area contributed by atoms with Crippen molar-refractivity contribution in [1.29, 1.82) is 0 Å². The van der Waals surface area contributed by atoms with E-state index in [2.05, 4.69) is 5.32 Å². The smallest absolute Gasteiger partial charge is 0.317 e. The Morgan fingerprint density at radius 1 is 1.42 bits per heavy atom. The van der Waals surface area contributed by atoms with E-state index in [0.29, 0.717) is 25.6 Å². The van der Waals surface area contributed by atoms with Gasteiger partial charge in [0.1, 0.15) is 0 Å². The molecule has 0 aromatic heterocycles. The normalized spacial score (nSPS) is 24.9. The highest BCUT2D eigenvalue weighted by Gasteiger charge is 2.39. The molecule has 6 nitrogen and oxygen atoms in total. The highest BCUT2D eigenvalue weighted by molar-refractivity contribution is 5.74. The number of carboxylic acids is 1. The van der Waals surface area contributed by atoms with Gasteiger partial charge in [0.15, 0.2) is 0 Å². The minimum absolute atomic E-state index is 0.0763. The third-order valence-electron chi connectivity index (χ3n) is 4.46. The molecule has 1 saturated heterocycles. The number of urea groups is 1. The molecule has 0 bridgehead atoms. The molecule has 0 spiro atoms. The third kappa shape index (κ3) is 3.37. The van der Waals surface area contributed by atoms with Crippen LogP contribution in [0.4, 0.5) is 4.79 Å². The van der Waals surface area contributed by atoms with Crippen molar-refractivity contribution in [3.05, 3.63) is 0 Å². The first kappa shape index (κ1) is 14.1. The maximum Gasteiger partial charge on any atom is 0.317 e. The highest BCUT2D eigenvalue weighted by Crippen LogP contribution is 2.43. The lowest BCUT2D eigenvalue weighted by molar-refractivity contribution is -0.141. The zero-order valence-corrected chi connectivity index (χ0v) is 11.2. The largest absolute Gasteiger partial charge is 0.481 e. The Hall–Kier alpha value is -1.30. The van der Waals surface area contributed by atoms with E-state index in [1.54, 1.807) is 4.90 Å². The molecule has 2 aliphatic rings. The van der Waals surface area contributed by atoms with Crippen LogP contribution in [0, 0.1) is 11.3 Å². The number of hydrogen-bond acceptors (Lipinski definition) is 3. The SMILES string of the molecule is NCC1CCN(C(=O)NCC2(CC(=O)O)CCC2)C1. The summed E-state index contributed by atoms with van der Waals surface area (Å²) >= 11 is 0. The molecule has 108 valence electrons. The van der Waals surface area contributed by atoms with Gasteiger partial charge in [0.05, 0.1) is 6.42 Å². The molecule has 1 aliphatic carbocycles. The predicted molar refractivity (Wildman–Crippen MR) is 70.7 cm³/mol. The molecule has 2 fully saturated rings. The van der Waals surface area contributed by atoms with Crippen molar-refractivity contribution in [3.8, 4) is 0 Å². The molecule has 0 radical (unpaired) electrons. The van der Waals surface area contributed by atoms with Crippen LogP contribution in [0.15, 0.2) is 0 Å². The van der Waals surface area contributed by atoms with Crippen LogP contribution in [-0.2, 0) is 4.79 Å². The summed E-state index contributed by atoms with van der Waals surface area (Å²) in [5.41, 5.74) is 5.39. The molecule has 2 rings (SSSR count). The van der Waals surface area contributed by atoms with Crippen molar-refractivity contribution in [2.24, 2.45) is 17.1 Å². The Morgan fingerprint density at radius 3 is 2.63 bits per heavy atom. The van der Waals surface area contributed by atoms with Crippen LogP contribution < -0.4 is 11.1 Å². The number of carbonyl (C=O) groups excluding carboxylic acids is 1. The summed E-state index contributed by atoms with van der Waals surface area (Å²) in [7, 11) is 0. The topological polar surface area (TPSA) is 95.7 Å². The van der Waals surface area contributed by atoms with Crippen molar-refractivity contribution in [2.75, 3.05) is 26.2 Å². The van der Waals surface area contributed by atoms with E-state index in [9.17, 15) is 9.59 Å². The van der Waals surface area contributed by atoms with Gasteiger partial charge < -0.3 is 21.1 Å². The van der Waals surface area contributed by atoms with Gasteiger partial charge in [-0.2, -0.15) is 0 Å². The van der Waals surface area contributed by atoms with Gasteiger partial charge in [-0.1, -0.05) is 6.42 Å². The summed E-state index contributed by atoms with van der Waals surface area (Å²) in [5, 5.41) is 11.8. The maximum absolute atomic E-state index is 12.0. The van der Waals surface area contributed by atoms with Gasteiger partial charge in [-0.15, -0.1) is 0 Å². The van der Waals surface area contributed by atoms with Crippen molar-refractivity contribution < 1.29 is 14.7 Å². The van der Waals surface area contributed by atoms with E-state index in [1.165, 1.54) is 0 Å². The summed E-state index contributed by atoms with van der Waals surface area (Å²) in [6, 6.07) is -0.0763. The number of carbonyl (C=O) groups is 2. The quantitative estimate of drug-likeness (QED) is 0.682. The Labute approximate surface area is 113 Å². The van der Waals surface area contributed by atoms with E-state index in [-0.39, 0.29) is 17.9 Å². The average molecular weight is 269 g/mol. The summed E-state index contributed by atoms with van der Waals surface area (Å²) in [4.78, 5) is 24.6. The number of nitrogens with zero attached hydrogens (tertiary/aromatic N) is 1. The van der Waals surface area contributed by atoms with Crippen LogP contribution in [0.25, 0.3) is 0 Å².